The lowest BCUT2D eigenvalue weighted by molar-refractivity contribution is 0.169. The highest BCUT2D eigenvalue weighted by Crippen LogP contribution is 2.30. The molecule has 0 bridgehead atoms. The van der Waals surface area contributed by atoms with Gasteiger partial charge in [-0.2, -0.15) is 0 Å². The SMILES string of the molecule is OC(CNCc1cc2c(s1)CCC2)c1ccc(F)cc1F. The summed E-state index contributed by atoms with van der Waals surface area (Å²) in [4.78, 5) is 2.71. The van der Waals surface area contributed by atoms with E-state index in [1.54, 1.807) is 11.3 Å². The predicted octanol–water partition coefficient (Wildman–Crippen LogP) is 3.34. The first-order chi connectivity index (χ1) is 10.1. The smallest absolute Gasteiger partial charge is 0.131 e. The Bertz CT molecular complexity index is 620. The molecule has 1 aliphatic carbocycles. The molecule has 0 fully saturated rings. The van der Waals surface area contributed by atoms with Crippen molar-refractivity contribution < 1.29 is 13.9 Å². The van der Waals surface area contributed by atoms with Crippen LogP contribution in [0.5, 0.6) is 0 Å². The van der Waals surface area contributed by atoms with Crippen LogP contribution in [0.1, 0.15) is 33.4 Å². The molecule has 1 unspecified atom stereocenters. The molecule has 0 spiro atoms. The number of thiophene rings is 1. The Kier molecular flexibility index (Phi) is 4.33. The van der Waals surface area contributed by atoms with Crippen molar-refractivity contribution in [2.24, 2.45) is 0 Å². The maximum atomic E-state index is 13.5. The highest BCUT2D eigenvalue weighted by Gasteiger charge is 2.16. The molecule has 1 atom stereocenters. The van der Waals surface area contributed by atoms with Gasteiger partial charge in [-0.3, -0.25) is 0 Å². The third kappa shape index (κ3) is 3.31. The van der Waals surface area contributed by atoms with E-state index in [0.29, 0.717) is 6.54 Å². The van der Waals surface area contributed by atoms with Gasteiger partial charge < -0.3 is 10.4 Å². The standard InChI is InChI=1S/C16H17F2NOS/c17-11-4-5-13(14(18)7-11)15(20)9-19-8-12-6-10-2-1-3-16(10)21-12/h4-7,15,19-20H,1-3,8-9H2. The third-order valence-electron chi connectivity index (χ3n) is 3.76. The van der Waals surface area contributed by atoms with Gasteiger partial charge in [0, 0.05) is 34.5 Å². The molecule has 1 heterocycles. The van der Waals surface area contributed by atoms with Crippen molar-refractivity contribution in [3.8, 4) is 0 Å². The molecule has 1 aromatic heterocycles. The zero-order valence-corrected chi connectivity index (χ0v) is 12.4. The summed E-state index contributed by atoms with van der Waals surface area (Å²) < 4.78 is 26.4. The van der Waals surface area contributed by atoms with E-state index in [2.05, 4.69) is 11.4 Å². The van der Waals surface area contributed by atoms with Crippen LogP contribution in [0, 0.1) is 11.6 Å². The maximum Gasteiger partial charge on any atom is 0.131 e. The van der Waals surface area contributed by atoms with Crippen molar-refractivity contribution in [2.45, 2.75) is 31.9 Å². The first kappa shape index (κ1) is 14.6. The molecular formula is C16H17F2NOS. The number of aliphatic hydroxyl groups excluding tert-OH is 1. The summed E-state index contributed by atoms with van der Waals surface area (Å²) in [6.45, 7) is 0.905. The number of hydrogen-bond acceptors (Lipinski definition) is 3. The van der Waals surface area contributed by atoms with Crippen LogP contribution in [0.3, 0.4) is 0 Å². The van der Waals surface area contributed by atoms with Gasteiger partial charge in [0.15, 0.2) is 0 Å². The summed E-state index contributed by atoms with van der Waals surface area (Å²) >= 11 is 1.81. The normalized spacial score (nSPS) is 15.2. The van der Waals surface area contributed by atoms with E-state index >= 15 is 0 Å². The molecule has 3 rings (SSSR count). The summed E-state index contributed by atoms with van der Waals surface area (Å²) in [6, 6.07) is 5.45. The minimum atomic E-state index is -0.975. The number of fused-ring (bicyclic) bond motifs is 1. The second-order valence-corrected chi connectivity index (χ2v) is 6.55. The van der Waals surface area contributed by atoms with E-state index in [0.717, 1.165) is 18.6 Å². The summed E-state index contributed by atoms with van der Waals surface area (Å²) in [5, 5.41) is 13.1. The molecular weight excluding hydrogens is 292 g/mol. The Hall–Kier alpha value is -1.30. The van der Waals surface area contributed by atoms with Crippen LogP contribution in [-0.4, -0.2) is 11.7 Å². The topological polar surface area (TPSA) is 32.3 Å². The highest BCUT2D eigenvalue weighted by atomic mass is 32.1. The molecule has 0 radical (unpaired) electrons. The molecule has 1 aromatic carbocycles. The van der Waals surface area contributed by atoms with Gasteiger partial charge in [0.1, 0.15) is 11.6 Å². The largest absolute Gasteiger partial charge is 0.387 e. The monoisotopic (exact) mass is 309 g/mol. The van der Waals surface area contributed by atoms with Crippen molar-refractivity contribution in [3.05, 3.63) is 56.8 Å². The molecule has 0 saturated heterocycles. The highest BCUT2D eigenvalue weighted by molar-refractivity contribution is 7.12. The molecule has 1 aliphatic rings. The Labute approximate surface area is 126 Å². The zero-order chi connectivity index (χ0) is 14.8. The first-order valence-electron chi connectivity index (χ1n) is 7.07. The average molecular weight is 309 g/mol. The maximum absolute atomic E-state index is 13.5. The molecule has 5 heteroatoms. The minimum absolute atomic E-state index is 0.123. The molecule has 21 heavy (non-hydrogen) atoms. The number of benzene rings is 1. The van der Waals surface area contributed by atoms with Crippen LogP contribution in [0.15, 0.2) is 24.3 Å². The molecule has 0 amide bonds. The van der Waals surface area contributed by atoms with Gasteiger partial charge in [-0.25, -0.2) is 8.78 Å². The molecule has 2 nitrogen and oxygen atoms in total. The van der Waals surface area contributed by atoms with Gasteiger partial charge in [-0.1, -0.05) is 6.07 Å². The second kappa shape index (κ2) is 6.22. The Morgan fingerprint density at radius 1 is 1.24 bits per heavy atom. The van der Waals surface area contributed by atoms with Crippen LogP contribution >= 0.6 is 11.3 Å². The van der Waals surface area contributed by atoms with E-state index in [-0.39, 0.29) is 12.1 Å². The van der Waals surface area contributed by atoms with E-state index in [4.69, 9.17) is 0 Å². The summed E-state index contributed by atoms with van der Waals surface area (Å²) in [5.74, 6) is -1.34. The van der Waals surface area contributed by atoms with Crippen LogP contribution in [-0.2, 0) is 19.4 Å². The van der Waals surface area contributed by atoms with E-state index in [9.17, 15) is 13.9 Å². The Balaban J connectivity index is 1.54. The van der Waals surface area contributed by atoms with Crippen LogP contribution < -0.4 is 5.32 Å². The number of nitrogens with one attached hydrogen (secondary N) is 1. The van der Waals surface area contributed by atoms with E-state index < -0.39 is 17.7 Å². The van der Waals surface area contributed by atoms with Gasteiger partial charge in [0.2, 0.25) is 0 Å². The molecule has 2 N–H and O–H groups in total. The van der Waals surface area contributed by atoms with Gasteiger partial charge in [0.05, 0.1) is 6.10 Å². The lowest BCUT2D eigenvalue weighted by atomic mass is 10.1. The van der Waals surface area contributed by atoms with Crippen molar-refractivity contribution in [2.75, 3.05) is 6.54 Å². The summed E-state index contributed by atoms with van der Waals surface area (Å²) in [6.07, 6.45) is 2.60. The number of halogens is 2. The quantitative estimate of drug-likeness (QED) is 0.888. The fraction of sp³-hybridized carbons (Fsp3) is 0.375. The van der Waals surface area contributed by atoms with Gasteiger partial charge in [-0.15, -0.1) is 11.3 Å². The van der Waals surface area contributed by atoms with E-state index in [1.807, 2.05) is 0 Å². The Morgan fingerprint density at radius 2 is 2.10 bits per heavy atom. The van der Waals surface area contributed by atoms with Crippen LogP contribution in [0.4, 0.5) is 8.78 Å². The van der Waals surface area contributed by atoms with Gasteiger partial charge in [-0.05, 0) is 37.0 Å². The molecule has 112 valence electrons. The van der Waals surface area contributed by atoms with Crippen LogP contribution in [0.2, 0.25) is 0 Å². The fourth-order valence-corrected chi connectivity index (χ4v) is 3.92. The van der Waals surface area contributed by atoms with Crippen molar-refractivity contribution in [3.63, 3.8) is 0 Å². The van der Waals surface area contributed by atoms with E-state index in [1.165, 1.54) is 34.2 Å². The Morgan fingerprint density at radius 3 is 2.86 bits per heavy atom. The summed E-state index contributed by atoms with van der Waals surface area (Å²) in [5.41, 5.74) is 1.57. The zero-order valence-electron chi connectivity index (χ0n) is 11.5. The van der Waals surface area contributed by atoms with Crippen molar-refractivity contribution in [1.29, 1.82) is 0 Å². The molecule has 2 aromatic rings. The fourth-order valence-electron chi connectivity index (χ4n) is 2.69. The number of hydrogen-bond donors (Lipinski definition) is 2. The number of rotatable bonds is 5. The molecule has 0 aliphatic heterocycles. The van der Waals surface area contributed by atoms with Crippen LogP contribution in [0.25, 0.3) is 0 Å². The predicted molar refractivity (Wildman–Crippen MR) is 79.4 cm³/mol. The first-order valence-corrected chi connectivity index (χ1v) is 7.89. The molecule has 0 saturated carbocycles. The van der Waals surface area contributed by atoms with Gasteiger partial charge in [0.25, 0.3) is 0 Å². The third-order valence-corrected chi connectivity index (χ3v) is 4.99. The second-order valence-electron chi connectivity index (χ2n) is 5.33. The number of aryl methyl sites for hydroxylation is 2. The minimum Gasteiger partial charge on any atom is -0.387 e. The summed E-state index contributed by atoms with van der Waals surface area (Å²) in [7, 11) is 0. The van der Waals surface area contributed by atoms with Crippen molar-refractivity contribution >= 4 is 11.3 Å². The lowest BCUT2D eigenvalue weighted by Gasteiger charge is -2.12. The van der Waals surface area contributed by atoms with Gasteiger partial charge >= 0.3 is 0 Å². The average Bonchev–Trinajstić information content (AvgIpc) is 2.99. The number of aliphatic hydroxyl groups is 1. The van der Waals surface area contributed by atoms with Crippen molar-refractivity contribution in [1.82, 2.24) is 5.32 Å². The lowest BCUT2D eigenvalue weighted by Crippen LogP contribution is -2.21.